The first-order valence-electron chi connectivity index (χ1n) is 7.64. The second-order valence-electron chi connectivity index (χ2n) is 6.01. The van der Waals surface area contributed by atoms with Gasteiger partial charge in [0.05, 0.1) is 0 Å². The maximum atomic E-state index is 12.7. The van der Waals surface area contributed by atoms with Crippen molar-refractivity contribution in [1.29, 1.82) is 0 Å². The summed E-state index contributed by atoms with van der Waals surface area (Å²) in [6.45, 7) is 3.10. The van der Waals surface area contributed by atoms with E-state index < -0.39 is 0 Å². The van der Waals surface area contributed by atoms with Crippen LogP contribution in [0.15, 0.2) is 60.7 Å². The van der Waals surface area contributed by atoms with Crippen LogP contribution in [0.5, 0.6) is 0 Å². The second-order valence-corrected chi connectivity index (χ2v) is 6.01. The van der Waals surface area contributed by atoms with Crippen LogP contribution in [0.3, 0.4) is 0 Å². The van der Waals surface area contributed by atoms with Crippen molar-refractivity contribution in [3.63, 3.8) is 0 Å². The Morgan fingerprint density at radius 3 is 2.33 bits per heavy atom. The molecule has 1 fully saturated rings. The molecule has 2 aromatic carbocycles. The first kappa shape index (κ1) is 13.9. The van der Waals surface area contributed by atoms with Crippen molar-refractivity contribution in [3.05, 3.63) is 71.8 Å². The molecule has 0 aliphatic carbocycles. The fourth-order valence-corrected chi connectivity index (χ4v) is 3.23. The van der Waals surface area contributed by atoms with Crippen molar-refractivity contribution in [2.45, 2.75) is 25.8 Å². The Kier molecular flexibility index (Phi) is 4.05. The number of likely N-dealkylation sites (tertiary alicyclic amines) is 1. The lowest BCUT2D eigenvalue weighted by atomic mass is 10.0. The number of rotatable bonds is 3. The van der Waals surface area contributed by atoms with Gasteiger partial charge in [0.2, 0.25) is 0 Å². The minimum Gasteiger partial charge on any atom is -0.335 e. The normalized spacial score (nSPS) is 21.5. The minimum atomic E-state index is 0.167. The molecule has 21 heavy (non-hydrogen) atoms. The van der Waals surface area contributed by atoms with Gasteiger partial charge in [0.25, 0.3) is 5.91 Å². The number of hydrogen-bond donors (Lipinski definition) is 0. The molecule has 0 saturated carbocycles. The molecule has 0 unspecified atom stereocenters. The summed E-state index contributed by atoms with van der Waals surface area (Å²) >= 11 is 0. The Bertz CT molecular complexity index is 593. The minimum absolute atomic E-state index is 0.167. The fourth-order valence-electron chi connectivity index (χ4n) is 3.23. The van der Waals surface area contributed by atoms with Gasteiger partial charge in [0, 0.05) is 18.2 Å². The van der Waals surface area contributed by atoms with Crippen LogP contribution < -0.4 is 0 Å². The van der Waals surface area contributed by atoms with E-state index in [9.17, 15) is 4.79 Å². The quantitative estimate of drug-likeness (QED) is 0.837. The van der Waals surface area contributed by atoms with Gasteiger partial charge in [-0.15, -0.1) is 0 Å². The molecule has 2 nitrogen and oxygen atoms in total. The lowest BCUT2D eigenvalue weighted by Crippen LogP contribution is -2.37. The topological polar surface area (TPSA) is 20.3 Å². The average Bonchev–Trinajstić information content (AvgIpc) is 2.89. The standard InChI is InChI=1S/C19H21NO/c1-15-12-18(13-16-8-4-2-5-9-16)20(14-15)19(21)17-10-6-3-7-11-17/h2-11,15,18H,12-14H2,1H3/t15-,18-/m1/s1. The van der Waals surface area contributed by atoms with Crippen LogP contribution in [0.1, 0.15) is 29.3 Å². The zero-order valence-corrected chi connectivity index (χ0v) is 12.4. The highest BCUT2D eigenvalue weighted by Crippen LogP contribution is 2.27. The predicted octanol–water partition coefficient (Wildman–Crippen LogP) is 3.78. The van der Waals surface area contributed by atoms with Crippen molar-refractivity contribution < 1.29 is 4.79 Å². The Hall–Kier alpha value is -2.09. The van der Waals surface area contributed by atoms with E-state index in [1.165, 1.54) is 5.56 Å². The van der Waals surface area contributed by atoms with Gasteiger partial charge in [0.15, 0.2) is 0 Å². The highest BCUT2D eigenvalue weighted by atomic mass is 16.2. The highest BCUT2D eigenvalue weighted by Gasteiger charge is 2.33. The largest absolute Gasteiger partial charge is 0.335 e. The molecule has 0 bridgehead atoms. The third-order valence-electron chi connectivity index (χ3n) is 4.22. The molecule has 0 spiro atoms. The summed E-state index contributed by atoms with van der Waals surface area (Å²) in [6, 6.07) is 20.4. The molecular weight excluding hydrogens is 258 g/mol. The first-order valence-corrected chi connectivity index (χ1v) is 7.64. The second kappa shape index (κ2) is 6.13. The molecule has 2 aromatic rings. The monoisotopic (exact) mass is 279 g/mol. The molecule has 2 atom stereocenters. The Labute approximate surface area is 126 Å². The molecule has 1 heterocycles. The molecule has 1 aliphatic heterocycles. The smallest absolute Gasteiger partial charge is 0.254 e. The fraction of sp³-hybridized carbons (Fsp3) is 0.316. The summed E-state index contributed by atoms with van der Waals surface area (Å²) in [7, 11) is 0. The Morgan fingerprint density at radius 2 is 1.67 bits per heavy atom. The number of benzene rings is 2. The Balaban J connectivity index is 1.78. The van der Waals surface area contributed by atoms with Crippen LogP contribution in [0, 0.1) is 5.92 Å². The van der Waals surface area contributed by atoms with Gasteiger partial charge in [-0.2, -0.15) is 0 Å². The molecule has 3 rings (SSSR count). The molecule has 0 radical (unpaired) electrons. The maximum Gasteiger partial charge on any atom is 0.254 e. The Morgan fingerprint density at radius 1 is 1.05 bits per heavy atom. The van der Waals surface area contributed by atoms with Crippen LogP contribution in [-0.4, -0.2) is 23.4 Å². The zero-order valence-electron chi connectivity index (χ0n) is 12.4. The van der Waals surface area contributed by atoms with Crippen LogP contribution in [0.2, 0.25) is 0 Å². The van der Waals surface area contributed by atoms with Crippen molar-refractivity contribution in [3.8, 4) is 0 Å². The van der Waals surface area contributed by atoms with Crippen molar-refractivity contribution in [1.82, 2.24) is 4.90 Å². The van der Waals surface area contributed by atoms with Crippen LogP contribution >= 0.6 is 0 Å². The van der Waals surface area contributed by atoms with E-state index >= 15 is 0 Å². The number of nitrogens with zero attached hydrogens (tertiary/aromatic N) is 1. The summed E-state index contributed by atoms with van der Waals surface area (Å²) in [4.78, 5) is 14.8. The van der Waals surface area contributed by atoms with E-state index in [0.717, 1.165) is 24.9 Å². The molecule has 1 amide bonds. The van der Waals surface area contributed by atoms with E-state index in [-0.39, 0.29) is 5.91 Å². The summed E-state index contributed by atoms with van der Waals surface area (Å²) in [5.41, 5.74) is 2.10. The van der Waals surface area contributed by atoms with Crippen molar-refractivity contribution in [2.75, 3.05) is 6.54 Å². The number of carbonyl (C=O) groups is 1. The lowest BCUT2D eigenvalue weighted by Gasteiger charge is -2.25. The SMILES string of the molecule is C[C@@H]1C[C@H](Cc2ccccc2)N(C(=O)c2ccccc2)C1. The molecule has 0 aromatic heterocycles. The van der Waals surface area contributed by atoms with Crippen LogP contribution in [0.25, 0.3) is 0 Å². The van der Waals surface area contributed by atoms with Crippen molar-refractivity contribution in [2.24, 2.45) is 5.92 Å². The van der Waals surface area contributed by atoms with E-state index in [1.807, 2.05) is 36.4 Å². The molecule has 108 valence electrons. The predicted molar refractivity (Wildman–Crippen MR) is 85.2 cm³/mol. The van der Waals surface area contributed by atoms with Gasteiger partial charge in [-0.25, -0.2) is 0 Å². The maximum absolute atomic E-state index is 12.7. The van der Waals surface area contributed by atoms with Gasteiger partial charge in [-0.1, -0.05) is 55.5 Å². The summed E-state index contributed by atoms with van der Waals surface area (Å²) in [5.74, 6) is 0.743. The van der Waals surface area contributed by atoms with Gasteiger partial charge in [0.1, 0.15) is 0 Å². The third kappa shape index (κ3) is 3.15. The molecule has 1 aliphatic rings. The summed E-state index contributed by atoms with van der Waals surface area (Å²) < 4.78 is 0. The number of hydrogen-bond acceptors (Lipinski definition) is 1. The van der Waals surface area contributed by atoms with Crippen LogP contribution in [-0.2, 0) is 6.42 Å². The van der Waals surface area contributed by atoms with E-state index in [2.05, 4.69) is 36.1 Å². The summed E-state index contributed by atoms with van der Waals surface area (Å²) in [5, 5.41) is 0. The number of carbonyl (C=O) groups excluding carboxylic acids is 1. The van der Waals surface area contributed by atoms with Crippen molar-refractivity contribution >= 4 is 5.91 Å². The van der Waals surface area contributed by atoms with E-state index in [4.69, 9.17) is 0 Å². The molecule has 0 N–H and O–H groups in total. The van der Waals surface area contributed by atoms with Gasteiger partial charge < -0.3 is 4.90 Å². The van der Waals surface area contributed by atoms with Gasteiger partial charge in [-0.05, 0) is 36.5 Å². The number of amides is 1. The van der Waals surface area contributed by atoms with Crippen LogP contribution in [0.4, 0.5) is 0 Å². The molecule has 2 heteroatoms. The zero-order chi connectivity index (χ0) is 14.7. The van der Waals surface area contributed by atoms with E-state index in [0.29, 0.717) is 12.0 Å². The summed E-state index contributed by atoms with van der Waals surface area (Å²) in [6.07, 6.45) is 2.04. The van der Waals surface area contributed by atoms with Gasteiger partial charge in [-0.3, -0.25) is 4.79 Å². The van der Waals surface area contributed by atoms with Gasteiger partial charge >= 0.3 is 0 Å². The van der Waals surface area contributed by atoms with E-state index in [1.54, 1.807) is 0 Å². The lowest BCUT2D eigenvalue weighted by molar-refractivity contribution is 0.0733. The third-order valence-corrected chi connectivity index (χ3v) is 4.22. The average molecular weight is 279 g/mol. The molecule has 1 saturated heterocycles. The first-order chi connectivity index (χ1) is 10.2. The molecular formula is C19H21NO. The highest BCUT2D eigenvalue weighted by molar-refractivity contribution is 5.94.